The van der Waals surface area contributed by atoms with E-state index in [2.05, 4.69) is 27.7 Å². The predicted molar refractivity (Wildman–Crippen MR) is 127 cm³/mol. The third-order valence-electron chi connectivity index (χ3n) is 6.31. The van der Waals surface area contributed by atoms with E-state index >= 15 is 0 Å². The lowest BCUT2D eigenvalue weighted by Gasteiger charge is -2.37. The van der Waals surface area contributed by atoms with Crippen LogP contribution in [0.1, 0.15) is 130 Å². The third-order valence-corrected chi connectivity index (χ3v) is 6.31. The summed E-state index contributed by atoms with van der Waals surface area (Å²) in [4.78, 5) is 0. The molecule has 0 N–H and O–H groups in total. The average Bonchev–Trinajstić information content (AvgIpc) is 2.64. The fourth-order valence-corrected chi connectivity index (χ4v) is 4.13. The van der Waals surface area contributed by atoms with Crippen molar-refractivity contribution in [3.63, 3.8) is 0 Å². The van der Waals surface area contributed by atoms with Crippen molar-refractivity contribution >= 4 is 17.0 Å². The van der Waals surface area contributed by atoms with Gasteiger partial charge in [-0.25, -0.2) is 0 Å². The Bertz CT molecular complexity index is 229. The summed E-state index contributed by atoms with van der Waals surface area (Å²) < 4.78 is 1.38. The van der Waals surface area contributed by atoms with Crippen LogP contribution in [0.5, 0.6) is 0 Å². The first-order valence-corrected chi connectivity index (χ1v) is 12.1. The normalized spacial score (nSPS) is 11.5. The minimum absolute atomic E-state index is 0. The third kappa shape index (κ3) is 16.6. The van der Waals surface area contributed by atoms with Crippen molar-refractivity contribution in [1.29, 1.82) is 0 Å². The maximum atomic E-state index is 2.42. The molecule has 0 heterocycles. The number of nitrogens with zero attached hydrogens (tertiary/aromatic N) is 1. The van der Waals surface area contributed by atoms with Crippen molar-refractivity contribution in [1.82, 2.24) is 0 Å². The smallest absolute Gasteiger partial charge is 0.0786 e. The quantitative estimate of drug-likeness (QED) is 0.132. The largest absolute Gasteiger partial charge is 0.324 e. The van der Waals surface area contributed by atoms with Crippen molar-refractivity contribution < 1.29 is 4.48 Å². The molecule has 0 spiro atoms. The van der Waals surface area contributed by atoms with Crippen LogP contribution >= 0.6 is 17.0 Å². The average molecular weight is 436 g/mol. The number of hydrogen-bond acceptors (Lipinski definition) is 0. The maximum absolute atomic E-state index is 2.42. The fourth-order valence-electron chi connectivity index (χ4n) is 4.13. The van der Waals surface area contributed by atoms with Crippen molar-refractivity contribution in [3.8, 4) is 0 Å². The molecule has 160 valence electrons. The Labute approximate surface area is 178 Å². The first-order chi connectivity index (χ1) is 12.2. The first-order valence-electron chi connectivity index (χ1n) is 12.1. The Hall–Kier alpha value is 0.440. The van der Waals surface area contributed by atoms with Gasteiger partial charge in [-0.2, -0.15) is 0 Å². The SMILES string of the molecule is Br.CCCCCCCCCC[N+](CC)(CC)CCCCCCCCCC. The van der Waals surface area contributed by atoms with Gasteiger partial charge in [0.15, 0.2) is 0 Å². The molecule has 0 aliphatic rings. The van der Waals surface area contributed by atoms with Gasteiger partial charge < -0.3 is 4.48 Å². The van der Waals surface area contributed by atoms with Crippen LogP contribution in [0.25, 0.3) is 0 Å². The highest BCUT2D eigenvalue weighted by atomic mass is 79.9. The second-order valence-electron chi connectivity index (χ2n) is 8.37. The van der Waals surface area contributed by atoms with Gasteiger partial charge in [-0.05, 0) is 39.5 Å². The second-order valence-corrected chi connectivity index (χ2v) is 8.37. The van der Waals surface area contributed by atoms with Gasteiger partial charge in [-0.1, -0.05) is 90.9 Å². The van der Waals surface area contributed by atoms with E-state index in [-0.39, 0.29) is 17.0 Å². The molecule has 0 aliphatic carbocycles. The van der Waals surface area contributed by atoms with Crippen LogP contribution in [0.2, 0.25) is 0 Å². The van der Waals surface area contributed by atoms with Crippen LogP contribution in [0.15, 0.2) is 0 Å². The monoisotopic (exact) mass is 434 g/mol. The summed E-state index contributed by atoms with van der Waals surface area (Å²) in [5.74, 6) is 0. The van der Waals surface area contributed by atoms with Crippen molar-refractivity contribution in [2.45, 2.75) is 130 Å². The minimum Gasteiger partial charge on any atom is -0.324 e. The minimum atomic E-state index is 0. The van der Waals surface area contributed by atoms with Crippen LogP contribution < -0.4 is 0 Å². The molecule has 2 heteroatoms. The molecule has 0 amide bonds. The first kappa shape index (κ1) is 28.6. The molecule has 0 saturated heterocycles. The van der Waals surface area contributed by atoms with Crippen LogP contribution in [-0.2, 0) is 0 Å². The maximum Gasteiger partial charge on any atom is 0.0786 e. The highest BCUT2D eigenvalue weighted by Crippen LogP contribution is 2.16. The Morgan fingerprint density at radius 1 is 0.385 bits per heavy atom. The molecular weight excluding hydrogens is 382 g/mol. The molecule has 0 bridgehead atoms. The molecule has 1 nitrogen and oxygen atoms in total. The standard InChI is InChI=1S/C24H52N.BrH/c1-5-9-11-13-15-17-19-21-23-25(7-3,8-4)24-22-20-18-16-14-12-10-6-2;/h5-24H2,1-4H3;1H/q+1;. The van der Waals surface area contributed by atoms with Crippen LogP contribution in [-0.4, -0.2) is 30.7 Å². The Morgan fingerprint density at radius 3 is 0.923 bits per heavy atom. The fraction of sp³-hybridized carbons (Fsp3) is 1.00. The molecule has 0 atom stereocenters. The predicted octanol–water partition coefficient (Wildman–Crippen LogP) is 8.70. The lowest BCUT2D eigenvalue weighted by atomic mass is 10.1. The summed E-state index contributed by atoms with van der Waals surface area (Å²) in [6.45, 7) is 15.0. The summed E-state index contributed by atoms with van der Waals surface area (Å²) in [5, 5.41) is 0. The van der Waals surface area contributed by atoms with Gasteiger partial charge in [-0.3, -0.25) is 0 Å². The zero-order chi connectivity index (χ0) is 18.6. The van der Waals surface area contributed by atoms with E-state index in [0.717, 1.165) is 0 Å². The summed E-state index contributed by atoms with van der Waals surface area (Å²) in [7, 11) is 0. The molecule has 0 aliphatic heterocycles. The molecule has 0 fully saturated rings. The molecule has 0 aromatic rings. The number of hydrogen-bond donors (Lipinski definition) is 0. The molecule has 0 unspecified atom stereocenters. The van der Waals surface area contributed by atoms with Crippen molar-refractivity contribution in [2.24, 2.45) is 0 Å². The topological polar surface area (TPSA) is 0 Å². The van der Waals surface area contributed by atoms with Gasteiger partial charge >= 0.3 is 0 Å². The van der Waals surface area contributed by atoms with E-state index in [9.17, 15) is 0 Å². The number of quaternary nitrogens is 1. The highest BCUT2D eigenvalue weighted by Gasteiger charge is 2.21. The Morgan fingerprint density at radius 2 is 0.654 bits per heavy atom. The molecule has 0 saturated carbocycles. The van der Waals surface area contributed by atoms with E-state index in [0.29, 0.717) is 0 Å². The summed E-state index contributed by atoms with van der Waals surface area (Å²) in [5.41, 5.74) is 0. The van der Waals surface area contributed by atoms with E-state index in [4.69, 9.17) is 0 Å². The van der Waals surface area contributed by atoms with E-state index < -0.39 is 0 Å². The number of rotatable bonds is 20. The van der Waals surface area contributed by atoms with Gasteiger partial charge in [-0.15, -0.1) is 17.0 Å². The lowest BCUT2D eigenvalue weighted by Crippen LogP contribution is -2.49. The van der Waals surface area contributed by atoms with E-state index in [1.807, 2.05) is 0 Å². The molecular formula is C24H53BrN+. The molecule has 0 radical (unpaired) electrons. The van der Waals surface area contributed by atoms with E-state index in [1.165, 1.54) is 133 Å². The lowest BCUT2D eigenvalue weighted by molar-refractivity contribution is -0.925. The van der Waals surface area contributed by atoms with Gasteiger partial charge in [0, 0.05) is 0 Å². The second kappa shape index (κ2) is 21.7. The van der Waals surface area contributed by atoms with Gasteiger partial charge in [0.1, 0.15) is 0 Å². The Kier molecular flexibility index (Phi) is 24.0. The molecule has 0 aromatic carbocycles. The number of unbranched alkanes of at least 4 members (excludes halogenated alkanes) is 14. The summed E-state index contributed by atoms with van der Waals surface area (Å²) in [6.07, 6.45) is 23.1. The van der Waals surface area contributed by atoms with Gasteiger partial charge in [0.2, 0.25) is 0 Å². The molecule has 0 rings (SSSR count). The summed E-state index contributed by atoms with van der Waals surface area (Å²) in [6, 6.07) is 0. The molecule has 0 aromatic heterocycles. The van der Waals surface area contributed by atoms with Gasteiger partial charge in [0.05, 0.1) is 26.2 Å². The van der Waals surface area contributed by atoms with E-state index in [1.54, 1.807) is 0 Å². The zero-order valence-electron chi connectivity index (χ0n) is 19.0. The highest BCUT2D eigenvalue weighted by molar-refractivity contribution is 8.93. The van der Waals surface area contributed by atoms with Crippen LogP contribution in [0, 0.1) is 0 Å². The van der Waals surface area contributed by atoms with Crippen molar-refractivity contribution in [3.05, 3.63) is 0 Å². The van der Waals surface area contributed by atoms with Crippen molar-refractivity contribution in [2.75, 3.05) is 26.2 Å². The van der Waals surface area contributed by atoms with Gasteiger partial charge in [0.25, 0.3) is 0 Å². The number of halogens is 1. The molecule has 26 heavy (non-hydrogen) atoms. The summed E-state index contributed by atoms with van der Waals surface area (Å²) >= 11 is 0. The zero-order valence-corrected chi connectivity index (χ0v) is 20.7. The Balaban J connectivity index is 0. The van der Waals surface area contributed by atoms with Crippen LogP contribution in [0.3, 0.4) is 0 Å². The van der Waals surface area contributed by atoms with Crippen LogP contribution in [0.4, 0.5) is 0 Å².